The van der Waals surface area contributed by atoms with Gasteiger partial charge in [-0.05, 0) is 33.1 Å². The number of ketones is 1. The lowest BCUT2D eigenvalue weighted by molar-refractivity contribution is -0.164. The molecule has 1 heterocycles. The number of carbonyl (C=O) groups is 3. The van der Waals surface area contributed by atoms with E-state index in [9.17, 15) is 14.4 Å². The molecular weight excluding hydrogens is 264 g/mol. The molecule has 0 aromatic rings. The van der Waals surface area contributed by atoms with Gasteiger partial charge in [0.05, 0.1) is 19.3 Å². The van der Waals surface area contributed by atoms with Crippen LogP contribution in [-0.4, -0.2) is 43.6 Å². The summed E-state index contributed by atoms with van der Waals surface area (Å²) >= 11 is 0. The molecule has 0 aliphatic carbocycles. The van der Waals surface area contributed by atoms with Crippen LogP contribution < -0.4 is 0 Å². The molecule has 20 heavy (non-hydrogen) atoms. The van der Waals surface area contributed by atoms with Gasteiger partial charge in [-0.1, -0.05) is 0 Å². The van der Waals surface area contributed by atoms with Crippen LogP contribution in [0.15, 0.2) is 0 Å². The van der Waals surface area contributed by atoms with E-state index >= 15 is 0 Å². The van der Waals surface area contributed by atoms with Gasteiger partial charge in [0, 0.05) is 13.0 Å². The molecule has 0 bridgehead atoms. The van der Waals surface area contributed by atoms with Crippen molar-refractivity contribution in [3.63, 3.8) is 0 Å². The number of ether oxygens (including phenoxy) is 3. The van der Waals surface area contributed by atoms with Crippen LogP contribution in [0.4, 0.5) is 0 Å². The van der Waals surface area contributed by atoms with E-state index in [1.54, 1.807) is 13.8 Å². The van der Waals surface area contributed by atoms with Crippen LogP contribution in [0.25, 0.3) is 0 Å². The van der Waals surface area contributed by atoms with Crippen molar-refractivity contribution < 1.29 is 28.6 Å². The monoisotopic (exact) mass is 286 g/mol. The topological polar surface area (TPSA) is 78.9 Å². The van der Waals surface area contributed by atoms with Gasteiger partial charge in [0.2, 0.25) is 5.92 Å². The van der Waals surface area contributed by atoms with E-state index in [-0.39, 0.29) is 25.7 Å². The summed E-state index contributed by atoms with van der Waals surface area (Å²) in [6, 6.07) is 0. The maximum Gasteiger partial charge on any atom is 0.328 e. The molecule has 0 N–H and O–H groups in total. The molecule has 0 aromatic carbocycles. The molecule has 0 saturated carbocycles. The van der Waals surface area contributed by atoms with Gasteiger partial charge in [0.15, 0.2) is 5.78 Å². The van der Waals surface area contributed by atoms with E-state index in [1.165, 1.54) is 0 Å². The first-order valence-electron chi connectivity index (χ1n) is 7.07. The molecule has 1 rings (SSSR count). The molecule has 1 aliphatic rings. The molecule has 6 nitrogen and oxygen atoms in total. The zero-order valence-electron chi connectivity index (χ0n) is 12.1. The molecule has 6 heteroatoms. The van der Waals surface area contributed by atoms with Crippen molar-refractivity contribution in [3.8, 4) is 0 Å². The quantitative estimate of drug-likeness (QED) is 0.518. The van der Waals surface area contributed by atoms with Crippen molar-refractivity contribution >= 4 is 17.7 Å². The zero-order valence-corrected chi connectivity index (χ0v) is 12.1. The Labute approximate surface area is 118 Å². The first-order chi connectivity index (χ1) is 9.60. The molecule has 1 fully saturated rings. The van der Waals surface area contributed by atoms with Crippen LogP contribution in [0.2, 0.25) is 0 Å². The van der Waals surface area contributed by atoms with Crippen LogP contribution in [0.1, 0.15) is 39.5 Å². The SMILES string of the molecule is CCOC(=O)C(C(=O)CC1CCCCO1)C(=O)OCC. The summed E-state index contributed by atoms with van der Waals surface area (Å²) in [5.74, 6) is -3.66. The van der Waals surface area contributed by atoms with E-state index in [4.69, 9.17) is 14.2 Å². The summed E-state index contributed by atoms with van der Waals surface area (Å²) in [7, 11) is 0. The average Bonchev–Trinajstić information content (AvgIpc) is 2.40. The third-order valence-electron chi connectivity index (χ3n) is 3.07. The van der Waals surface area contributed by atoms with Crippen molar-refractivity contribution in [3.05, 3.63) is 0 Å². The second-order valence-electron chi connectivity index (χ2n) is 4.60. The standard InChI is InChI=1S/C14H22O6/c1-3-18-13(16)12(14(17)19-4-2)11(15)9-10-7-5-6-8-20-10/h10,12H,3-9H2,1-2H3. The second kappa shape index (κ2) is 8.68. The molecule has 1 unspecified atom stereocenters. The highest BCUT2D eigenvalue weighted by molar-refractivity contribution is 6.15. The molecule has 0 amide bonds. The van der Waals surface area contributed by atoms with Crippen molar-refractivity contribution in [2.24, 2.45) is 5.92 Å². The minimum absolute atomic E-state index is 0.0439. The van der Waals surface area contributed by atoms with Gasteiger partial charge in [0.1, 0.15) is 0 Å². The van der Waals surface area contributed by atoms with E-state index in [0.29, 0.717) is 6.61 Å². The Morgan fingerprint density at radius 1 is 1.10 bits per heavy atom. The number of esters is 2. The summed E-state index contributed by atoms with van der Waals surface area (Å²) in [6.07, 6.45) is 2.56. The molecule has 0 radical (unpaired) electrons. The number of hydrogen-bond donors (Lipinski definition) is 0. The molecular formula is C14H22O6. The van der Waals surface area contributed by atoms with Crippen LogP contribution in [0.5, 0.6) is 0 Å². The molecule has 114 valence electrons. The Kier molecular flexibility index (Phi) is 7.22. The predicted octanol–water partition coefficient (Wildman–Crippen LogP) is 1.26. The Morgan fingerprint density at radius 2 is 1.70 bits per heavy atom. The predicted molar refractivity (Wildman–Crippen MR) is 70.0 cm³/mol. The summed E-state index contributed by atoms with van der Waals surface area (Å²) < 4.78 is 15.0. The zero-order chi connectivity index (χ0) is 15.0. The number of rotatable bonds is 7. The largest absolute Gasteiger partial charge is 0.465 e. The van der Waals surface area contributed by atoms with E-state index in [2.05, 4.69) is 0 Å². The lowest BCUT2D eigenvalue weighted by Crippen LogP contribution is -2.37. The van der Waals surface area contributed by atoms with Crippen molar-refractivity contribution in [2.75, 3.05) is 19.8 Å². The van der Waals surface area contributed by atoms with Crippen LogP contribution in [-0.2, 0) is 28.6 Å². The lowest BCUT2D eigenvalue weighted by Gasteiger charge is -2.23. The highest BCUT2D eigenvalue weighted by Gasteiger charge is 2.37. The molecule has 1 saturated heterocycles. The normalized spacial score (nSPS) is 18.6. The maximum absolute atomic E-state index is 12.2. The van der Waals surface area contributed by atoms with Gasteiger partial charge >= 0.3 is 11.9 Å². The van der Waals surface area contributed by atoms with Gasteiger partial charge in [0.25, 0.3) is 0 Å². The Bertz CT molecular complexity index is 328. The summed E-state index contributed by atoms with van der Waals surface area (Å²) in [4.78, 5) is 35.7. The van der Waals surface area contributed by atoms with Gasteiger partial charge < -0.3 is 14.2 Å². The minimum Gasteiger partial charge on any atom is -0.465 e. The lowest BCUT2D eigenvalue weighted by atomic mass is 9.96. The molecule has 0 spiro atoms. The van der Waals surface area contributed by atoms with Gasteiger partial charge in [-0.25, -0.2) is 0 Å². The summed E-state index contributed by atoms with van der Waals surface area (Å²) in [5.41, 5.74) is 0. The fraction of sp³-hybridized carbons (Fsp3) is 0.786. The molecule has 0 aromatic heterocycles. The van der Waals surface area contributed by atoms with Crippen LogP contribution in [0.3, 0.4) is 0 Å². The Hall–Kier alpha value is -1.43. The van der Waals surface area contributed by atoms with Crippen molar-refractivity contribution in [1.82, 2.24) is 0 Å². The average molecular weight is 286 g/mol. The van der Waals surface area contributed by atoms with Gasteiger partial charge in [-0.3, -0.25) is 14.4 Å². The Morgan fingerprint density at radius 3 is 2.15 bits per heavy atom. The minimum atomic E-state index is -1.49. The Balaban J connectivity index is 2.67. The fourth-order valence-corrected chi connectivity index (χ4v) is 2.12. The van der Waals surface area contributed by atoms with Crippen LogP contribution in [0, 0.1) is 5.92 Å². The summed E-state index contributed by atoms with van der Waals surface area (Å²) in [6.45, 7) is 4.08. The first-order valence-corrected chi connectivity index (χ1v) is 7.07. The fourth-order valence-electron chi connectivity index (χ4n) is 2.12. The number of carbonyl (C=O) groups excluding carboxylic acids is 3. The summed E-state index contributed by atoms with van der Waals surface area (Å²) in [5, 5.41) is 0. The van der Waals surface area contributed by atoms with E-state index in [1.807, 2.05) is 0 Å². The highest BCUT2D eigenvalue weighted by Crippen LogP contribution is 2.19. The molecule has 1 atom stereocenters. The van der Waals surface area contributed by atoms with Crippen LogP contribution >= 0.6 is 0 Å². The van der Waals surface area contributed by atoms with E-state index in [0.717, 1.165) is 19.3 Å². The smallest absolute Gasteiger partial charge is 0.328 e. The first kappa shape index (κ1) is 16.6. The second-order valence-corrected chi connectivity index (χ2v) is 4.60. The van der Waals surface area contributed by atoms with Crippen molar-refractivity contribution in [2.45, 2.75) is 45.6 Å². The highest BCUT2D eigenvalue weighted by atomic mass is 16.6. The van der Waals surface area contributed by atoms with Gasteiger partial charge in [-0.2, -0.15) is 0 Å². The van der Waals surface area contributed by atoms with E-state index < -0.39 is 23.6 Å². The molecule has 1 aliphatic heterocycles. The third-order valence-corrected chi connectivity index (χ3v) is 3.07. The van der Waals surface area contributed by atoms with Gasteiger partial charge in [-0.15, -0.1) is 0 Å². The maximum atomic E-state index is 12.2. The number of Topliss-reactive ketones (excluding diaryl/α,β-unsaturated/α-hetero) is 1. The third kappa shape index (κ3) is 4.92. The number of hydrogen-bond acceptors (Lipinski definition) is 6. The van der Waals surface area contributed by atoms with Crippen molar-refractivity contribution in [1.29, 1.82) is 0 Å².